The Morgan fingerprint density at radius 2 is 1.09 bits per heavy atom. The SMILES string of the molecule is CC(C)(C)C1=CC2=Nc3c(C(C)(C)C)cc4n3[Si](O)(O)n3c(cc(C(C)(C)C)c3=NC3=NC(=N4)C(C(C)(C)C)=C3)=NC1=N2. The van der Waals surface area contributed by atoms with E-state index < -0.39 is 19.7 Å². The molecule has 10 nitrogen and oxygen atoms in total. The first-order valence-electron chi connectivity index (χ1n) is 14.8. The normalized spacial score (nSPS) is 19.4. The summed E-state index contributed by atoms with van der Waals surface area (Å²) < 4.78 is 3.00. The standard InChI is InChI=1S/C32H42N8O2Si/c1-29(2,3)17-13-21-33-25(17)37-23-15-19(31(7,8)9)28-36-22-14-18(30(4,5)6)26(34-22)38-24-16-20(32(10,11)12)27(35-21)40(24)43(41,42)39(23)28/h13-16,41-42H,1-12H3. The third-order valence-electron chi connectivity index (χ3n) is 8.09. The molecule has 2 N–H and O–H groups in total. The molecule has 43 heavy (non-hydrogen) atoms. The van der Waals surface area contributed by atoms with E-state index >= 15 is 0 Å². The molecule has 0 atom stereocenters. The quantitative estimate of drug-likeness (QED) is 0.423. The molecule has 6 rings (SSSR count). The van der Waals surface area contributed by atoms with Crippen LogP contribution in [0.3, 0.4) is 0 Å². The second kappa shape index (κ2) is 8.77. The molecule has 0 aliphatic carbocycles. The average molecular weight is 599 g/mol. The number of amidine groups is 4. The van der Waals surface area contributed by atoms with Crippen molar-refractivity contribution in [1.82, 2.24) is 8.47 Å². The van der Waals surface area contributed by atoms with Gasteiger partial charge in [-0.15, -0.1) is 0 Å². The summed E-state index contributed by atoms with van der Waals surface area (Å²) in [5, 5.41) is 0. The molecular weight excluding hydrogens is 556 g/mol. The van der Waals surface area contributed by atoms with E-state index in [9.17, 15) is 9.59 Å². The molecular formula is C32H42N8O2Si. The van der Waals surface area contributed by atoms with Crippen molar-refractivity contribution in [2.24, 2.45) is 40.8 Å². The molecule has 2 aromatic heterocycles. The second-order valence-corrected chi connectivity index (χ2v) is 18.0. The minimum Gasteiger partial charge on any atom is -0.377 e. The van der Waals surface area contributed by atoms with E-state index in [1.165, 1.54) is 8.47 Å². The van der Waals surface area contributed by atoms with E-state index in [4.69, 9.17) is 30.0 Å². The topological polar surface area (TPSA) is 124 Å². The van der Waals surface area contributed by atoms with E-state index in [0.717, 1.165) is 22.3 Å². The van der Waals surface area contributed by atoms with E-state index in [0.29, 0.717) is 46.0 Å². The molecule has 0 saturated heterocycles. The van der Waals surface area contributed by atoms with Gasteiger partial charge in [0.05, 0.1) is 0 Å². The minimum atomic E-state index is -4.72. The van der Waals surface area contributed by atoms with E-state index in [-0.39, 0.29) is 10.8 Å². The van der Waals surface area contributed by atoms with Crippen LogP contribution in [0.5, 0.6) is 0 Å². The molecule has 6 heterocycles. The summed E-state index contributed by atoms with van der Waals surface area (Å²) in [7, 11) is -4.72. The van der Waals surface area contributed by atoms with Crippen LogP contribution in [0.1, 0.15) is 94.2 Å². The number of rotatable bonds is 0. The van der Waals surface area contributed by atoms with Gasteiger partial charge < -0.3 is 9.59 Å². The molecule has 11 heteroatoms. The largest absolute Gasteiger partial charge is 0.597 e. The zero-order valence-corrected chi connectivity index (χ0v) is 28.3. The van der Waals surface area contributed by atoms with Gasteiger partial charge in [0.2, 0.25) is 0 Å². The van der Waals surface area contributed by atoms with Crippen molar-refractivity contribution in [3.05, 3.63) is 57.5 Å². The molecule has 0 radical (unpaired) electrons. The highest BCUT2D eigenvalue weighted by atomic mass is 28.4. The summed E-state index contributed by atoms with van der Waals surface area (Å²) in [6, 6.07) is 3.81. The Kier molecular flexibility index (Phi) is 6.02. The maximum absolute atomic E-state index is 12.6. The first kappa shape index (κ1) is 29.5. The summed E-state index contributed by atoms with van der Waals surface area (Å²) in [5.41, 5.74) is 2.86. The van der Waals surface area contributed by atoms with Gasteiger partial charge in [-0.2, -0.15) is 0 Å². The van der Waals surface area contributed by atoms with Crippen LogP contribution in [0.15, 0.2) is 65.4 Å². The van der Waals surface area contributed by atoms with Crippen molar-refractivity contribution >= 4 is 43.9 Å². The van der Waals surface area contributed by atoms with Crippen LogP contribution in [0.4, 0.5) is 11.6 Å². The molecule has 226 valence electrons. The van der Waals surface area contributed by atoms with E-state index in [2.05, 4.69) is 83.1 Å². The zero-order chi connectivity index (χ0) is 31.7. The Morgan fingerprint density at radius 1 is 0.558 bits per heavy atom. The van der Waals surface area contributed by atoms with Crippen molar-refractivity contribution in [3.8, 4) is 0 Å². The van der Waals surface area contributed by atoms with Crippen molar-refractivity contribution in [2.75, 3.05) is 0 Å². The predicted octanol–water partition coefficient (Wildman–Crippen LogP) is 4.80. The summed E-state index contributed by atoms with van der Waals surface area (Å²) in [5.74, 6) is 2.69. The van der Waals surface area contributed by atoms with E-state index in [1.54, 1.807) is 0 Å². The smallest absolute Gasteiger partial charge is 0.377 e. The number of fused-ring (bicyclic) bond motifs is 2. The summed E-state index contributed by atoms with van der Waals surface area (Å²) in [4.78, 5) is 55.0. The number of aliphatic imine (C=N–C) groups is 4. The number of hydrogen-bond acceptors (Lipinski definition) is 8. The van der Waals surface area contributed by atoms with Crippen molar-refractivity contribution in [2.45, 2.75) is 93.9 Å². The highest BCUT2D eigenvalue weighted by molar-refractivity contribution is 6.62. The van der Waals surface area contributed by atoms with Crippen molar-refractivity contribution in [1.29, 1.82) is 0 Å². The molecule has 0 spiro atoms. The van der Waals surface area contributed by atoms with Gasteiger partial charge in [0, 0.05) is 22.3 Å². The molecule has 0 unspecified atom stereocenters. The van der Waals surface area contributed by atoms with Crippen molar-refractivity contribution < 1.29 is 9.59 Å². The third-order valence-corrected chi connectivity index (χ3v) is 10.2. The van der Waals surface area contributed by atoms with Gasteiger partial charge in [-0.3, -0.25) is 8.47 Å². The predicted molar refractivity (Wildman–Crippen MR) is 174 cm³/mol. The Bertz CT molecular complexity index is 1920. The third kappa shape index (κ3) is 4.68. The zero-order valence-electron chi connectivity index (χ0n) is 27.3. The fourth-order valence-corrected chi connectivity index (χ4v) is 7.72. The van der Waals surface area contributed by atoms with Gasteiger partial charge in [0.15, 0.2) is 23.3 Å². The van der Waals surface area contributed by atoms with Crippen LogP contribution >= 0.6 is 0 Å². The molecule has 0 fully saturated rings. The summed E-state index contributed by atoms with van der Waals surface area (Å²) >= 11 is 0. The first-order chi connectivity index (χ1) is 19.6. The van der Waals surface area contributed by atoms with Crippen LogP contribution in [0, 0.1) is 10.8 Å². The van der Waals surface area contributed by atoms with Gasteiger partial charge in [0.25, 0.3) is 0 Å². The Balaban J connectivity index is 1.90. The molecule has 4 aliphatic rings. The van der Waals surface area contributed by atoms with Crippen LogP contribution in [-0.2, 0) is 10.8 Å². The maximum Gasteiger partial charge on any atom is 0.597 e. The van der Waals surface area contributed by atoms with Crippen LogP contribution in [0.25, 0.3) is 0 Å². The second-order valence-electron chi connectivity index (χ2n) is 15.9. The highest BCUT2D eigenvalue weighted by Gasteiger charge is 2.47. The van der Waals surface area contributed by atoms with Gasteiger partial charge >= 0.3 is 8.88 Å². The van der Waals surface area contributed by atoms with Crippen LogP contribution in [0.2, 0.25) is 0 Å². The highest BCUT2D eigenvalue weighted by Crippen LogP contribution is 2.42. The molecule has 0 aromatic carbocycles. The molecule has 0 amide bonds. The van der Waals surface area contributed by atoms with Gasteiger partial charge in [-0.1, -0.05) is 83.1 Å². The lowest BCUT2D eigenvalue weighted by molar-refractivity contribution is 0.323. The van der Waals surface area contributed by atoms with Gasteiger partial charge in [0.1, 0.15) is 22.6 Å². The van der Waals surface area contributed by atoms with E-state index in [1.807, 2.05) is 24.3 Å². The Labute approximate surface area is 253 Å². The number of aromatic nitrogens is 2. The van der Waals surface area contributed by atoms with Crippen LogP contribution < -0.4 is 11.0 Å². The Hall–Kier alpha value is -3.54. The fraction of sp³-hybridized carbons (Fsp3) is 0.500. The fourth-order valence-electron chi connectivity index (χ4n) is 5.77. The number of hydrogen-bond donors (Lipinski definition) is 2. The lowest BCUT2D eigenvalue weighted by Crippen LogP contribution is -2.60. The maximum atomic E-state index is 12.6. The summed E-state index contributed by atoms with van der Waals surface area (Å²) in [6.45, 7) is 25.1. The molecule has 0 saturated carbocycles. The monoisotopic (exact) mass is 598 g/mol. The molecule has 2 aromatic rings. The molecule has 6 bridgehead atoms. The Morgan fingerprint density at radius 3 is 1.63 bits per heavy atom. The lowest BCUT2D eigenvalue weighted by atomic mass is 9.86. The number of nitrogens with zero attached hydrogens (tertiary/aromatic N) is 8. The van der Waals surface area contributed by atoms with Crippen molar-refractivity contribution in [3.63, 3.8) is 0 Å². The first-order valence-corrected chi connectivity index (χ1v) is 16.6. The van der Waals surface area contributed by atoms with Gasteiger partial charge in [-0.05, 0) is 45.9 Å². The summed E-state index contributed by atoms with van der Waals surface area (Å²) in [6.07, 6.45) is 3.90. The average Bonchev–Trinajstić information content (AvgIpc) is 3.56. The molecule has 4 aliphatic heterocycles. The van der Waals surface area contributed by atoms with Gasteiger partial charge in [-0.25, -0.2) is 30.0 Å². The lowest BCUT2D eigenvalue weighted by Gasteiger charge is -2.26. The van der Waals surface area contributed by atoms with Crippen LogP contribution in [-0.4, -0.2) is 50.3 Å². The minimum absolute atomic E-state index is 0.283.